The molecule has 3 heteroatoms. The highest BCUT2D eigenvalue weighted by molar-refractivity contribution is 4.88. The molecular weight excluding hydrogens is 128 g/mol. The van der Waals surface area contributed by atoms with Crippen LogP contribution in [0.5, 0.6) is 0 Å². The molecular formula is C7H14N2O. The molecule has 0 fully saturated rings. The Hall–Kier alpha value is -0.560. The maximum Gasteiger partial charge on any atom is 0.0477 e. The van der Waals surface area contributed by atoms with E-state index in [2.05, 4.69) is 11.3 Å². The van der Waals surface area contributed by atoms with Crippen molar-refractivity contribution < 1.29 is 4.74 Å². The fraction of sp³-hybridized carbons (Fsp3) is 0.714. The predicted molar refractivity (Wildman–Crippen MR) is 41.1 cm³/mol. The number of hydrogen-bond donors (Lipinski definition) is 2. The molecule has 58 valence electrons. The molecule has 0 aromatic rings. The quantitative estimate of drug-likeness (QED) is 0.319. The molecule has 0 rings (SSSR count). The number of hydrazine groups is 1. The summed E-state index contributed by atoms with van der Waals surface area (Å²) in [5, 5.41) is 0. The van der Waals surface area contributed by atoms with E-state index in [0.717, 1.165) is 6.42 Å². The third-order valence-electron chi connectivity index (χ3n) is 1.27. The van der Waals surface area contributed by atoms with Gasteiger partial charge >= 0.3 is 0 Å². The van der Waals surface area contributed by atoms with Crippen molar-refractivity contribution in [3.05, 3.63) is 0 Å². The van der Waals surface area contributed by atoms with Crippen molar-refractivity contribution in [3.63, 3.8) is 0 Å². The molecule has 0 heterocycles. The monoisotopic (exact) mass is 142 g/mol. The van der Waals surface area contributed by atoms with Crippen molar-refractivity contribution in [2.75, 3.05) is 13.7 Å². The third kappa shape index (κ3) is 4.33. The van der Waals surface area contributed by atoms with Crippen LogP contribution in [0, 0.1) is 12.3 Å². The Morgan fingerprint density at radius 1 is 1.80 bits per heavy atom. The van der Waals surface area contributed by atoms with Gasteiger partial charge in [-0.2, -0.15) is 0 Å². The SMILES string of the molecule is C#CCC(CCOC)NN. The minimum absolute atomic E-state index is 0.185. The van der Waals surface area contributed by atoms with Crippen molar-refractivity contribution in [3.8, 4) is 12.3 Å². The maximum absolute atomic E-state index is 5.20. The topological polar surface area (TPSA) is 47.3 Å². The second-order valence-electron chi connectivity index (χ2n) is 2.05. The van der Waals surface area contributed by atoms with Crippen molar-refractivity contribution >= 4 is 0 Å². The second-order valence-corrected chi connectivity index (χ2v) is 2.05. The molecule has 0 radical (unpaired) electrons. The first-order valence-corrected chi connectivity index (χ1v) is 3.23. The summed E-state index contributed by atoms with van der Waals surface area (Å²) in [5.41, 5.74) is 2.62. The zero-order chi connectivity index (χ0) is 7.82. The van der Waals surface area contributed by atoms with Crippen molar-refractivity contribution in [2.45, 2.75) is 18.9 Å². The van der Waals surface area contributed by atoms with Crippen LogP contribution in [-0.4, -0.2) is 19.8 Å². The number of nitrogens with one attached hydrogen (secondary N) is 1. The summed E-state index contributed by atoms with van der Waals surface area (Å²) in [5.74, 6) is 7.73. The lowest BCUT2D eigenvalue weighted by atomic mass is 10.2. The lowest BCUT2D eigenvalue weighted by molar-refractivity contribution is 0.183. The molecule has 0 aliphatic rings. The van der Waals surface area contributed by atoms with Gasteiger partial charge in [-0.1, -0.05) is 0 Å². The zero-order valence-electron chi connectivity index (χ0n) is 6.26. The lowest BCUT2D eigenvalue weighted by Gasteiger charge is -2.10. The van der Waals surface area contributed by atoms with Crippen LogP contribution in [0.2, 0.25) is 0 Å². The van der Waals surface area contributed by atoms with Gasteiger partial charge in [0.1, 0.15) is 0 Å². The Kier molecular flexibility index (Phi) is 6.19. The van der Waals surface area contributed by atoms with Gasteiger partial charge in [-0.3, -0.25) is 11.3 Å². The highest BCUT2D eigenvalue weighted by Gasteiger charge is 2.02. The Bertz CT molecular complexity index is 109. The molecule has 0 aliphatic carbocycles. The maximum atomic E-state index is 5.20. The molecule has 1 atom stereocenters. The van der Waals surface area contributed by atoms with E-state index in [4.69, 9.17) is 17.0 Å². The second kappa shape index (κ2) is 6.56. The summed E-state index contributed by atoms with van der Waals surface area (Å²) in [6.45, 7) is 0.691. The molecule has 10 heavy (non-hydrogen) atoms. The Morgan fingerprint density at radius 2 is 2.50 bits per heavy atom. The Morgan fingerprint density at radius 3 is 2.90 bits per heavy atom. The molecule has 0 bridgehead atoms. The van der Waals surface area contributed by atoms with Crippen molar-refractivity contribution in [1.82, 2.24) is 5.43 Å². The van der Waals surface area contributed by atoms with Gasteiger partial charge in [-0.15, -0.1) is 12.3 Å². The van der Waals surface area contributed by atoms with Crippen LogP contribution in [-0.2, 0) is 4.74 Å². The summed E-state index contributed by atoms with van der Waals surface area (Å²) >= 11 is 0. The first-order valence-electron chi connectivity index (χ1n) is 3.23. The first-order chi connectivity index (χ1) is 4.85. The number of hydrogen-bond acceptors (Lipinski definition) is 3. The highest BCUT2D eigenvalue weighted by Crippen LogP contribution is 1.94. The molecule has 3 N–H and O–H groups in total. The lowest BCUT2D eigenvalue weighted by Crippen LogP contribution is -2.35. The van der Waals surface area contributed by atoms with E-state index in [-0.39, 0.29) is 6.04 Å². The van der Waals surface area contributed by atoms with E-state index < -0.39 is 0 Å². The zero-order valence-corrected chi connectivity index (χ0v) is 6.26. The minimum Gasteiger partial charge on any atom is -0.385 e. The van der Waals surface area contributed by atoms with Gasteiger partial charge in [0.05, 0.1) is 0 Å². The van der Waals surface area contributed by atoms with Crippen LogP contribution in [0.4, 0.5) is 0 Å². The molecule has 0 saturated heterocycles. The first kappa shape index (κ1) is 9.44. The van der Waals surface area contributed by atoms with E-state index in [1.807, 2.05) is 0 Å². The number of ether oxygens (including phenoxy) is 1. The molecule has 0 aliphatic heterocycles. The molecule has 0 aromatic carbocycles. The smallest absolute Gasteiger partial charge is 0.0477 e. The number of nitrogens with two attached hydrogens (primary N) is 1. The Labute approximate surface area is 61.9 Å². The predicted octanol–water partition coefficient (Wildman–Crippen LogP) is -0.122. The summed E-state index contributed by atoms with van der Waals surface area (Å²) in [4.78, 5) is 0. The van der Waals surface area contributed by atoms with Crippen molar-refractivity contribution in [2.24, 2.45) is 5.84 Å². The summed E-state index contributed by atoms with van der Waals surface area (Å²) in [7, 11) is 1.66. The molecule has 0 aromatic heterocycles. The van der Waals surface area contributed by atoms with Gasteiger partial charge < -0.3 is 4.74 Å². The van der Waals surface area contributed by atoms with Crippen LogP contribution < -0.4 is 11.3 Å². The van der Waals surface area contributed by atoms with Crippen LogP contribution in [0.15, 0.2) is 0 Å². The van der Waals surface area contributed by atoms with Gasteiger partial charge in [0.25, 0.3) is 0 Å². The summed E-state index contributed by atoms with van der Waals surface area (Å²) < 4.78 is 4.86. The Balaban J connectivity index is 3.32. The number of terminal acetylenes is 1. The van der Waals surface area contributed by atoms with E-state index in [9.17, 15) is 0 Å². The van der Waals surface area contributed by atoms with Gasteiger partial charge in [0.2, 0.25) is 0 Å². The third-order valence-corrected chi connectivity index (χ3v) is 1.27. The van der Waals surface area contributed by atoms with E-state index >= 15 is 0 Å². The molecule has 0 saturated carbocycles. The molecule has 0 amide bonds. The standard InChI is InChI=1S/C7H14N2O/c1-3-4-7(9-8)5-6-10-2/h1,7,9H,4-6,8H2,2H3. The van der Waals surface area contributed by atoms with Gasteiger partial charge in [-0.05, 0) is 6.42 Å². The highest BCUT2D eigenvalue weighted by atomic mass is 16.5. The summed E-state index contributed by atoms with van der Waals surface area (Å²) in [6.07, 6.45) is 6.60. The van der Waals surface area contributed by atoms with Crippen LogP contribution in [0.1, 0.15) is 12.8 Å². The minimum atomic E-state index is 0.185. The van der Waals surface area contributed by atoms with E-state index in [1.54, 1.807) is 7.11 Å². The number of rotatable bonds is 5. The van der Waals surface area contributed by atoms with Crippen LogP contribution in [0.3, 0.4) is 0 Å². The van der Waals surface area contributed by atoms with Crippen molar-refractivity contribution in [1.29, 1.82) is 0 Å². The van der Waals surface area contributed by atoms with Gasteiger partial charge in [0.15, 0.2) is 0 Å². The van der Waals surface area contributed by atoms with Crippen LogP contribution >= 0.6 is 0 Å². The average Bonchev–Trinajstić information content (AvgIpc) is 1.98. The summed E-state index contributed by atoms with van der Waals surface area (Å²) in [6, 6.07) is 0.185. The molecule has 1 unspecified atom stereocenters. The fourth-order valence-corrected chi connectivity index (χ4v) is 0.647. The van der Waals surface area contributed by atoms with Gasteiger partial charge in [0, 0.05) is 26.2 Å². The number of methoxy groups -OCH3 is 1. The van der Waals surface area contributed by atoms with Crippen LogP contribution in [0.25, 0.3) is 0 Å². The molecule has 0 spiro atoms. The van der Waals surface area contributed by atoms with E-state index in [0.29, 0.717) is 13.0 Å². The largest absolute Gasteiger partial charge is 0.385 e. The average molecular weight is 142 g/mol. The molecule has 3 nitrogen and oxygen atoms in total. The normalized spacial score (nSPS) is 12.5. The van der Waals surface area contributed by atoms with Gasteiger partial charge in [-0.25, -0.2) is 0 Å². The fourth-order valence-electron chi connectivity index (χ4n) is 0.647. The van der Waals surface area contributed by atoms with E-state index in [1.165, 1.54) is 0 Å².